The molecule has 0 unspecified atom stereocenters. The maximum absolute atomic E-state index is 12.7. The zero-order valence-electron chi connectivity index (χ0n) is 11.2. The van der Waals surface area contributed by atoms with Crippen molar-refractivity contribution in [3.05, 3.63) is 28.8 Å². The molecule has 1 aliphatic carbocycles. The molecule has 4 heteroatoms. The van der Waals surface area contributed by atoms with Crippen LogP contribution in [-0.2, 0) is 0 Å². The molecule has 104 valence electrons. The molecule has 1 aromatic rings. The normalized spacial score (nSPS) is 16.4. The average Bonchev–Trinajstić information content (AvgIpc) is 2.43. The van der Waals surface area contributed by atoms with E-state index in [9.17, 15) is 4.79 Å². The summed E-state index contributed by atoms with van der Waals surface area (Å²) >= 11 is 10.4. The fourth-order valence-electron chi connectivity index (χ4n) is 2.79. The van der Waals surface area contributed by atoms with Crippen LogP contribution in [0.2, 0.25) is 5.02 Å². The Morgan fingerprint density at radius 2 is 2.05 bits per heavy atom. The van der Waals surface area contributed by atoms with Crippen molar-refractivity contribution in [3.8, 4) is 0 Å². The van der Waals surface area contributed by atoms with Crippen molar-refractivity contribution in [2.75, 3.05) is 6.54 Å². The van der Waals surface area contributed by atoms with Crippen molar-refractivity contribution in [1.82, 2.24) is 4.90 Å². The van der Waals surface area contributed by atoms with Crippen LogP contribution in [0.1, 0.15) is 49.4 Å². The molecule has 1 aliphatic rings. The van der Waals surface area contributed by atoms with Gasteiger partial charge in [0.2, 0.25) is 0 Å². The van der Waals surface area contributed by atoms with Gasteiger partial charge in [0.25, 0.3) is 5.91 Å². The predicted octanol–water partition coefficient (Wildman–Crippen LogP) is 4.42. The summed E-state index contributed by atoms with van der Waals surface area (Å²) in [5, 5.41) is 0.511. The Morgan fingerprint density at radius 3 is 2.68 bits per heavy atom. The smallest absolute Gasteiger partial charge is 0.255 e. The molecule has 0 spiro atoms. The van der Waals surface area contributed by atoms with Crippen molar-refractivity contribution in [1.29, 1.82) is 0 Å². The van der Waals surface area contributed by atoms with Gasteiger partial charge in [-0.3, -0.25) is 4.79 Å². The summed E-state index contributed by atoms with van der Waals surface area (Å²) in [7, 11) is 0. The number of hydrogen-bond acceptors (Lipinski definition) is 2. The van der Waals surface area contributed by atoms with Crippen LogP contribution in [0.5, 0.6) is 0 Å². The summed E-state index contributed by atoms with van der Waals surface area (Å²) in [6, 6.07) is 5.68. The maximum Gasteiger partial charge on any atom is 0.255 e. The first-order chi connectivity index (χ1) is 9.13. The van der Waals surface area contributed by atoms with Gasteiger partial charge in [-0.1, -0.05) is 30.9 Å². The lowest BCUT2D eigenvalue weighted by Crippen LogP contribution is -2.41. The number of benzene rings is 1. The maximum atomic E-state index is 12.7. The molecule has 0 saturated heterocycles. The number of carbonyl (C=O) groups excluding carboxylic acids is 1. The lowest BCUT2D eigenvalue weighted by molar-refractivity contribution is 0.0648. The fourth-order valence-corrected chi connectivity index (χ4v) is 3.19. The standard InChI is InChI=1S/C15H20ClNOS/c1-2-17(11-6-4-3-5-7-11)15(18)13-10-12(19)8-9-14(13)16/h8-11,19H,2-7H2,1H3. The zero-order valence-corrected chi connectivity index (χ0v) is 12.9. The van der Waals surface area contributed by atoms with Gasteiger partial charge in [-0.05, 0) is 38.0 Å². The Kier molecular flexibility index (Phi) is 5.17. The van der Waals surface area contributed by atoms with Crippen molar-refractivity contribution in [2.45, 2.75) is 50.0 Å². The second kappa shape index (κ2) is 6.67. The van der Waals surface area contributed by atoms with E-state index in [2.05, 4.69) is 12.6 Å². The number of rotatable bonds is 3. The predicted molar refractivity (Wildman–Crippen MR) is 82.3 cm³/mol. The molecule has 0 aromatic heterocycles. The molecule has 0 atom stereocenters. The van der Waals surface area contributed by atoms with Crippen molar-refractivity contribution < 1.29 is 4.79 Å². The molecule has 2 rings (SSSR count). The number of carbonyl (C=O) groups is 1. The van der Waals surface area contributed by atoms with E-state index in [1.165, 1.54) is 19.3 Å². The Labute approximate surface area is 125 Å². The van der Waals surface area contributed by atoms with Crippen molar-refractivity contribution in [3.63, 3.8) is 0 Å². The number of halogens is 1. The number of nitrogens with zero attached hydrogens (tertiary/aromatic N) is 1. The molecular weight excluding hydrogens is 278 g/mol. The van der Waals surface area contributed by atoms with Crippen LogP contribution in [0, 0.1) is 0 Å². The lowest BCUT2D eigenvalue weighted by Gasteiger charge is -2.33. The van der Waals surface area contributed by atoms with Crippen LogP contribution in [0.3, 0.4) is 0 Å². The third-order valence-electron chi connectivity index (χ3n) is 3.80. The van der Waals surface area contributed by atoms with Gasteiger partial charge in [0.1, 0.15) is 0 Å². The van der Waals surface area contributed by atoms with Crippen molar-refractivity contribution >= 4 is 30.1 Å². The minimum Gasteiger partial charge on any atom is -0.336 e. The molecule has 0 heterocycles. The van der Waals surface area contributed by atoms with Crippen LogP contribution < -0.4 is 0 Å². The van der Waals surface area contributed by atoms with E-state index in [1.54, 1.807) is 18.2 Å². The van der Waals surface area contributed by atoms with Crippen LogP contribution >= 0.6 is 24.2 Å². The Balaban J connectivity index is 2.22. The van der Waals surface area contributed by atoms with Crippen LogP contribution in [0.25, 0.3) is 0 Å². The van der Waals surface area contributed by atoms with Crippen molar-refractivity contribution in [2.24, 2.45) is 0 Å². The summed E-state index contributed by atoms with van der Waals surface area (Å²) in [6.45, 7) is 2.77. The minimum atomic E-state index is 0.0373. The first-order valence-electron chi connectivity index (χ1n) is 6.93. The molecule has 2 nitrogen and oxygen atoms in total. The van der Waals surface area contributed by atoms with Gasteiger partial charge in [0.05, 0.1) is 10.6 Å². The third-order valence-corrected chi connectivity index (χ3v) is 4.41. The first kappa shape index (κ1) is 14.7. The van der Waals surface area contributed by atoms with Gasteiger partial charge < -0.3 is 4.90 Å². The van der Waals surface area contributed by atoms with Gasteiger partial charge in [0, 0.05) is 17.5 Å². The second-order valence-corrected chi connectivity index (χ2v) is 5.97. The molecule has 1 fully saturated rings. The SMILES string of the molecule is CCN(C(=O)c1cc(S)ccc1Cl)C1CCCCC1. The molecule has 1 amide bonds. The number of hydrogen-bond donors (Lipinski definition) is 1. The first-order valence-corrected chi connectivity index (χ1v) is 7.75. The lowest BCUT2D eigenvalue weighted by atomic mass is 9.93. The highest BCUT2D eigenvalue weighted by Crippen LogP contribution is 2.26. The van der Waals surface area contributed by atoms with E-state index in [1.807, 2.05) is 11.8 Å². The summed E-state index contributed by atoms with van der Waals surface area (Å²) < 4.78 is 0. The summed E-state index contributed by atoms with van der Waals surface area (Å²) in [6.07, 6.45) is 5.94. The summed E-state index contributed by atoms with van der Waals surface area (Å²) in [5.41, 5.74) is 0.571. The highest BCUT2D eigenvalue weighted by Gasteiger charge is 2.26. The molecule has 1 saturated carbocycles. The van der Waals surface area contributed by atoms with E-state index < -0.39 is 0 Å². The van der Waals surface area contributed by atoms with E-state index in [0.29, 0.717) is 16.6 Å². The summed E-state index contributed by atoms with van der Waals surface area (Å²) in [5.74, 6) is 0.0373. The molecular formula is C15H20ClNOS. The van der Waals surface area contributed by atoms with Crippen LogP contribution in [-0.4, -0.2) is 23.4 Å². The molecule has 0 bridgehead atoms. The molecule has 0 aliphatic heterocycles. The van der Waals surface area contributed by atoms with Gasteiger partial charge in [0.15, 0.2) is 0 Å². The van der Waals surface area contributed by atoms with E-state index in [4.69, 9.17) is 11.6 Å². The third kappa shape index (κ3) is 3.46. The second-order valence-electron chi connectivity index (χ2n) is 5.05. The Morgan fingerprint density at radius 1 is 1.37 bits per heavy atom. The largest absolute Gasteiger partial charge is 0.336 e. The van der Waals surface area contributed by atoms with Crippen LogP contribution in [0.4, 0.5) is 0 Å². The van der Waals surface area contributed by atoms with Gasteiger partial charge >= 0.3 is 0 Å². The average molecular weight is 298 g/mol. The Bertz CT molecular complexity index is 457. The van der Waals surface area contributed by atoms with Gasteiger partial charge in [-0.25, -0.2) is 0 Å². The Hall–Kier alpha value is -0.670. The minimum absolute atomic E-state index is 0.0373. The van der Waals surface area contributed by atoms with E-state index >= 15 is 0 Å². The summed E-state index contributed by atoms with van der Waals surface area (Å²) in [4.78, 5) is 15.4. The quantitative estimate of drug-likeness (QED) is 0.819. The van der Waals surface area contributed by atoms with E-state index in [0.717, 1.165) is 24.3 Å². The van der Waals surface area contributed by atoms with E-state index in [-0.39, 0.29) is 5.91 Å². The molecule has 1 aromatic carbocycles. The highest BCUT2D eigenvalue weighted by atomic mass is 35.5. The number of thiol groups is 1. The topological polar surface area (TPSA) is 20.3 Å². The fraction of sp³-hybridized carbons (Fsp3) is 0.533. The zero-order chi connectivity index (χ0) is 13.8. The molecule has 19 heavy (non-hydrogen) atoms. The highest BCUT2D eigenvalue weighted by molar-refractivity contribution is 7.80. The van der Waals surface area contributed by atoms with Gasteiger partial charge in [-0.2, -0.15) is 0 Å². The number of amides is 1. The van der Waals surface area contributed by atoms with Gasteiger partial charge in [-0.15, -0.1) is 12.6 Å². The molecule has 0 radical (unpaired) electrons. The monoisotopic (exact) mass is 297 g/mol. The molecule has 0 N–H and O–H groups in total. The van der Waals surface area contributed by atoms with Crippen LogP contribution in [0.15, 0.2) is 23.1 Å².